The van der Waals surface area contributed by atoms with E-state index in [1.165, 1.54) is 24.9 Å². The Morgan fingerprint density at radius 1 is 1.47 bits per heavy atom. The summed E-state index contributed by atoms with van der Waals surface area (Å²) in [7, 11) is -3.08. The van der Waals surface area contributed by atoms with E-state index >= 15 is 0 Å². The number of nitrogens with zero attached hydrogens (tertiary/aromatic N) is 1. The van der Waals surface area contributed by atoms with Gasteiger partial charge in [-0.05, 0) is 13.0 Å². The van der Waals surface area contributed by atoms with Gasteiger partial charge >= 0.3 is 0 Å². The lowest BCUT2D eigenvalue weighted by Gasteiger charge is -2.12. The van der Waals surface area contributed by atoms with Crippen LogP contribution in [0.15, 0.2) is 24.3 Å². The van der Waals surface area contributed by atoms with Gasteiger partial charge in [0.25, 0.3) is 5.69 Å². The summed E-state index contributed by atoms with van der Waals surface area (Å²) in [6.45, 7) is 3.35. The number of hydrogen-bond acceptors (Lipinski definition) is 4. The van der Waals surface area contributed by atoms with Gasteiger partial charge in [-0.3, -0.25) is 14.7 Å². The Kier molecular flexibility index (Phi) is 3.61. The lowest BCUT2D eigenvalue weighted by Crippen LogP contribution is -2.11. The summed E-state index contributed by atoms with van der Waals surface area (Å²) in [5.74, 6) is 0. The third-order valence-electron chi connectivity index (χ3n) is 1.89. The summed E-state index contributed by atoms with van der Waals surface area (Å²) in [5.41, 5.74) is -0.156. The second kappa shape index (κ2) is 4.55. The van der Waals surface area contributed by atoms with Crippen molar-refractivity contribution in [2.75, 3.05) is 13.3 Å². The van der Waals surface area contributed by atoms with Crippen LogP contribution in [0.4, 0.5) is 5.69 Å². The first-order valence-electron chi connectivity index (χ1n) is 4.45. The molecular formula is C9H12NO4P. The molecule has 0 spiro atoms. The number of hydrogen-bond donors (Lipinski definition) is 0. The SMILES string of the molecule is CCOP(C)(=O)c1ccccc1[N+](=O)[O-]. The highest BCUT2D eigenvalue weighted by Crippen LogP contribution is 2.43. The lowest BCUT2D eigenvalue weighted by atomic mass is 10.3. The fourth-order valence-electron chi connectivity index (χ4n) is 1.28. The van der Waals surface area contributed by atoms with Crippen LogP contribution in [-0.4, -0.2) is 18.2 Å². The Labute approximate surface area is 87.7 Å². The molecule has 1 aromatic rings. The van der Waals surface area contributed by atoms with Gasteiger partial charge in [0, 0.05) is 12.7 Å². The zero-order valence-electron chi connectivity index (χ0n) is 8.54. The van der Waals surface area contributed by atoms with Gasteiger partial charge in [-0.2, -0.15) is 0 Å². The summed E-state index contributed by atoms with van der Waals surface area (Å²) in [4.78, 5) is 10.2. The van der Waals surface area contributed by atoms with Crippen LogP contribution < -0.4 is 5.30 Å². The van der Waals surface area contributed by atoms with Crippen molar-refractivity contribution in [3.63, 3.8) is 0 Å². The van der Waals surface area contributed by atoms with Crippen molar-refractivity contribution in [1.29, 1.82) is 0 Å². The molecule has 15 heavy (non-hydrogen) atoms. The molecule has 1 unspecified atom stereocenters. The highest BCUT2D eigenvalue weighted by Gasteiger charge is 2.27. The molecule has 0 aliphatic heterocycles. The van der Waals surface area contributed by atoms with E-state index in [0.29, 0.717) is 0 Å². The van der Waals surface area contributed by atoms with Crippen molar-refractivity contribution < 1.29 is 14.0 Å². The zero-order valence-corrected chi connectivity index (χ0v) is 9.44. The Hall–Kier alpha value is -1.19. The quantitative estimate of drug-likeness (QED) is 0.450. The fraction of sp³-hybridized carbons (Fsp3) is 0.333. The molecule has 0 heterocycles. The van der Waals surface area contributed by atoms with Crippen LogP contribution in [0.5, 0.6) is 0 Å². The maximum Gasteiger partial charge on any atom is 0.282 e. The Balaban J connectivity index is 3.24. The Morgan fingerprint density at radius 2 is 2.07 bits per heavy atom. The number of rotatable bonds is 4. The molecule has 0 amide bonds. The normalized spacial score (nSPS) is 14.5. The molecule has 5 nitrogen and oxygen atoms in total. The van der Waals surface area contributed by atoms with Gasteiger partial charge in [-0.15, -0.1) is 0 Å². The molecule has 82 valence electrons. The van der Waals surface area contributed by atoms with Crippen LogP contribution >= 0.6 is 7.37 Å². The summed E-state index contributed by atoms with van der Waals surface area (Å²) in [6, 6.07) is 5.93. The molecule has 1 aromatic carbocycles. The first kappa shape index (κ1) is 11.9. The minimum absolute atomic E-state index is 0.156. The highest BCUT2D eigenvalue weighted by molar-refractivity contribution is 7.66. The molecule has 1 rings (SSSR count). The average molecular weight is 229 g/mol. The molecule has 0 fully saturated rings. The first-order chi connectivity index (χ1) is 6.99. The van der Waals surface area contributed by atoms with Gasteiger partial charge in [-0.1, -0.05) is 12.1 Å². The molecule has 0 aliphatic rings. The fourth-order valence-corrected chi connectivity index (χ4v) is 2.84. The predicted molar refractivity (Wildman–Crippen MR) is 57.9 cm³/mol. The summed E-state index contributed by atoms with van der Waals surface area (Å²) in [5, 5.41) is 10.9. The van der Waals surface area contributed by atoms with Crippen LogP contribution in [0, 0.1) is 10.1 Å². The van der Waals surface area contributed by atoms with E-state index in [9.17, 15) is 14.7 Å². The second-order valence-electron chi connectivity index (χ2n) is 3.01. The topological polar surface area (TPSA) is 69.4 Å². The standard InChI is InChI=1S/C9H12NO4P/c1-3-14-15(2,13)9-7-5-4-6-8(9)10(11)12/h4-7H,3H2,1-2H3. The lowest BCUT2D eigenvalue weighted by molar-refractivity contribution is -0.383. The molecule has 6 heteroatoms. The molecule has 0 radical (unpaired) electrons. The smallest absolute Gasteiger partial charge is 0.282 e. The van der Waals surface area contributed by atoms with Crippen molar-refractivity contribution in [2.45, 2.75) is 6.92 Å². The van der Waals surface area contributed by atoms with E-state index in [1.54, 1.807) is 13.0 Å². The third kappa shape index (κ3) is 2.64. The molecule has 0 N–H and O–H groups in total. The van der Waals surface area contributed by atoms with Crippen molar-refractivity contribution in [3.8, 4) is 0 Å². The zero-order chi connectivity index (χ0) is 11.5. The van der Waals surface area contributed by atoms with Crippen molar-refractivity contribution in [3.05, 3.63) is 34.4 Å². The van der Waals surface area contributed by atoms with Gasteiger partial charge in [0.15, 0.2) is 0 Å². The van der Waals surface area contributed by atoms with Crippen molar-refractivity contribution >= 4 is 18.4 Å². The van der Waals surface area contributed by atoms with Gasteiger partial charge in [0.1, 0.15) is 5.30 Å². The molecule has 0 aromatic heterocycles. The Morgan fingerprint density at radius 3 is 2.60 bits per heavy atom. The first-order valence-corrected chi connectivity index (χ1v) is 6.52. The van der Waals surface area contributed by atoms with Crippen LogP contribution in [0.25, 0.3) is 0 Å². The largest absolute Gasteiger partial charge is 0.326 e. The minimum atomic E-state index is -3.08. The second-order valence-corrected chi connectivity index (χ2v) is 5.44. The number of nitro benzene ring substituents is 1. The maximum absolute atomic E-state index is 12.0. The molecule has 0 saturated carbocycles. The van der Waals surface area contributed by atoms with E-state index in [1.807, 2.05) is 0 Å². The van der Waals surface area contributed by atoms with Crippen molar-refractivity contribution in [2.24, 2.45) is 0 Å². The van der Waals surface area contributed by atoms with Crippen LogP contribution in [0.2, 0.25) is 0 Å². The molecule has 0 bridgehead atoms. The van der Waals surface area contributed by atoms with Crippen LogP contribution in [-0.2, 0) is 9.09 Å². The monoisotopic (exact) mass is 229 g/mol. The summed E-state index contributed by atoms with van der Waals surface area (Å²) >= 11 is 0. The van der Waals surface area contributed by atoms with Gasteiger partial charge in [0.05, 0.1) is 11.5 Å². The molecule has 0 saturated heterocycles. The van der Waals surface area contributed by atoms with E-state index in [2.05, 4.69) is 0 Å². The van der Waals surface area contributed by atoms with E-state index in [4.69, 9.17) is 4.52 Å². The van der Waals surface area contributed by atoms with Gasteiger partial charge in [-0.25, -0.2) is 0 Å². The maximum atomic E-state index is 12.0. The molecule has 1 atom stereocenters. The summed E-state index contributed by atoms with van der Waals surface area (Å²) < 4.78 is 17.1. The van der Waals surface area contributed by atoms with E-state index in [-0.39, 0.29) is 17.6 Å². The average Bonchev–Trinajstić information content (AvgIpc) is 2.17. The van der Waals surface area contributed by atoms with E-state index < -0.39 is 12.3 Å². The number of benzene rings is 1. The highest BCUT2D eigenvalue weighted by atomic mass is 31.2. The number of nitro groups is 1. The van der Waals surface area contributed by atoms with Gasteiger partial charge < -0.3 is 4.52 Å². The van der Waals surface area contributed by atoms with Gasteiger partial charge in [0.2, 0.25) is 7.37 Å². The minimum Gasteiger partial charge on any atom is -0.326 e. The van der Waals surface area contributed by atoms with Crippen LogP contribution in [0.3, 0.4) is 0 Å². The molecule has 0 aliphatic carbocycles. The number of para-hydroxylation sites is 1. The van der Waals surface area contributed by atoms with Crippen LogP contribution in [0.1, 0.15) is 6.92 Å². The predicted octanol–water partition coefficient (Wildman–Crippen LogP) is 2.16. The summed E-state index contributed by atoms with van der Waals surface area (Å²) in [6.07, 6.45) is 0. The van der Waals surface area contributed by atoms with E-state index in [0.717, 1.165) is 0 Å². The third-order valence-corrected chi connectivity index (χ3v) is 3.90. The van der Waals surface area contributed by atoms with Crippen molar-refractivity contribution in [1.82, 2.24) is 0 Å². The molecular weight excluding hydrogens is 217 g/mol. The Bertz CT molecular complexity index is 418.